The summed E-state index contributed by atoms with van der Waals surface area (Å²) in [4.78, 5) is 19.9. The van der Waals surface area contributed by atoms with E-state index in [4.69, 9.17) is 11.6 Å². The molecular weight excluding hydrogens is 283 g/mol. The smallest absolute Gasteiger partial charge is 0.276 e. The minimum atomic E-state index is -0.610. The first-order valence-corrected chi connectivity index (χ1v) is 6.30. The Labute approximate surface area is 120 Å². The molecular formula is C13H12ClFN4O. The maximum atomic E-state index is 13.6. The van der Waals surface area contributed by atoms with Gasteiger partial charge in [0.25, 0.3) is 5.91 Å². The third-order valence-corrected chi connectivity index (χ3v) is 2.64. The lowest BCUT2D eigenvalue weighted by Gasteiger charge is -2.07. The zero-order valence-corrected chi connectivity index (χ0v) is 11.4. The summed E-state index contributed by atoms with van der Waals surface area (Å²) in [5, 5.41) is 5.62. The normalized spacial score (nSPS) is 10.2. The van der Waals surface area contributed by atoms with E-state index >= 15 is 0 Å². The van der Waals surface area contributed by atoms with E-state index in [1.54, 1.807) is 0 Å². The molecule has 1 amide bonds. The molecule has 5 nitrogen and oxygen atoms in total. The van der Waals surface area contributed by atoms with Gasteiger partial charge in [0.05, 0.1) is 18.1 Å². The van der Waals surface area contributed by atoms with Crippen molar-refractivity contribution >= 4 is 29.0 Å². The number of carbonyl (C=O) groups excluding carboxylic acids is 1. The van der Waals surface area contributed by atoms with Crippen LogP contribution in [-0.4, -0.2) is 22.4 Å². The summed E-state index contributed by atoms with van der Waals surface area (Å²) < 4.78 is 13.6. The van der Waals surface area contributed by atoms with Crippen LogP contribution in [0.3, 0.4) is 0 Å². The van der Waals surface area contributed by atoms with Crippen LogP contribution in [0.2, 0.25) is 5.02 Å². The quantitative estimate of drug-likeness (QED) is 0.910. The predicted octanol–water partition coefficient (Wildman–Crippen LogP) is 2.95. The van der Waals surface area contributed by atoms with E-state index in [0.29, 0.717) is 12.4 Å². The molecule has 0 spiro atoms. The number of nitrogens with one attached hydrogen (secondary N) is 2. The van der Waals surface area contributed by atoms with Gasteiger partial charge in [0, 0.05) is 11.6 Å². The monoisotopic (exact) mass is 294 g/mol. The number of rotatable bonds is 4. The number of amides is 1. The zero-order valence-electron chi connectivity index (χ0n) is 10.7. The van der Waals surface area contributed by atoms with Gasteiger partial charge in [-0.1, -0.05) is 11.6 Å². The van der Waals surface area contributed by atoms with Crippen molar-refractivity contribution in [2.45, 2.75) is 6.92 Å². The maximum absolute atomic E-state index is 13.6. The number of hydrogen-bond acceptors (Lipinski definition) is 4. The fourth-order valence-corrected chi connectivity index (χ4v) is 1.68. The highest BCUT2D eigenvalue weighted by molar-refractivity contribution is 6.30. The Kier molecular flexibility index (Phi) is 4.47. The molecule has 0 aliphatic heterocycles. The first kappa shape index (κ1) is 14.2. The van der Waals surface area contributed by atoms with Crippen molar-refractivity contribution in [3.8, 4) is 0 Å². The average molecular weight is 295 g/mol. The Morgan fingerprint density at radius 3 is 2.90 bits per heavy atom. The van der Waals surface area contributed by atoms with Crippen molar-refractivity contribution in [2.24, 2.45) is 0 Å². The fraction of sp³-hybridized carbons (Fsp3) is 0.154. The highest BCUT2D eigenvalue weighted by atomic mass is 35.5. The summed E-state index contributed by atoms with van der Waals surface area (Å²) >= 11 is 5.64. The number of benzene rings is 1. The number of aromatic nitrogens is 2. The zero-order chi connectivity index (χ0) is 14.5. The molecule has 1 aromatic heterocycles. The molecule has 0 unspecified atom stereocenters. The fourth-order valence-electron chi connectivity index (χ4n) is 1.52. The molecule has 20 heavy (non-hydrogen) atoms. The van der Waals surface area contributed by atoms with Crippen molar-refractivity contribution in [2.75, 3.05) is 17.2 Å². The third-order valence-electron chi connectivity index (χ3n) is 2.40. The summed E-state index contributed by atoms with van der Waals surface area (Å²) in [6.07, 6.45) is 2.81. The van der Waals surface area contributed by atoms with E-state index in [1.165, 1.54) is 24.5 Å². The number of hydrogen-bond donors (Lipinski definition) is 2. The Bertz CT molecular complexity index is 636. The van der Waals surface area contributed by atoms with Gasteiger partial charge in [0.15, 0.2) is 0 Å². The van der Waals surface area contributed by atoms with Crippen LogP contribution in [0, 0.1) is 5.82 Å². The SMILES string of the molecule is CCNc1cncc(C(=O)Nc2ccc(Cl)cc2F)n1. The highest BCUT2D eigenvalue weighted by Crippen LogP contribution is 2.19. The predicted molar refractivity (Wildman–Crippen MR) is 75.6 cm³/mol. The second-order valence-electron chi connectivity index (χ2n) is 3.90. The van der Waals surface area contributed by atoms with Crippen LogP contribution >= 0.6 is 11.6 Å². The lowest BCUT2D eigenvalue weighted by molar-refractivity contribution is 0.102. The molecule has 0 saturated carbocycles. The molecule has 0 aliphatic carbocycles. The van der Waals surface area contributed by atoms with Crippen molar-refractivity contribution in [1.29, 1.82) is 0 Å². The molecule has 0 radical (unpaired) electrons. The van der Waals surface area contributed by atoms with Crippen LogP contribution in [0.15, 0.2) is 30.6 Å². The molecule has 2 rings (SSSR count). The summed E-state index contributed by atoms with van der Waals surface area (Å²) in [6, 6.07) is 4.00. The molecule has 0 aliphatic rings. The van der Waals surface area contributed by atoms with Crippen molar-refractivity contribution in [3.63, 3.8) is 0 Å². The molecule has 2 N–H and O–H groups in total. The average Bonchev–Trinajstić information content (AvgIpc) is 2.42. The van der Waals surface area contributed by atoms with Crippen LogP contribution in [-0.2, 0) is 0 Å². The molecule has 1 aromatic carbocycles. The van der Waals surface area contributed by atoms with Crippen LogP contribution < -0.4 is 10.6 Å². The second-order valence-corrected chi connectivity index (χ2v) is 4.33. The van der Waals surface area contributed by atoms with Gasteiger partial charge in [-0.15, -0.1) is 0 Å². The Balaban J connectivity index is 2.17. The minimum absolute atomic E-state index is 0.0371. The summed E-state index contributed by atoms with van der Waals surface area (Å²) in [7, 11) is 0. The second kappa shape index (κ2) is 6.29. The number of nitrogens with zero attached hydrogens (tertiary/aromatic N) is 2. The number of halogens is 2. The summed E-state index contributed by atoms with van der Waals surface area (Å²) in [6.45, 7) is 2.56. The molecule has 104 valence electrons. The van der Waals surface area contributed by atoms with E-state index in [2.05, 4.69) is 20.6 Å². The first-order chi connectivity index (χ1) is 9.60. The van der Waals surface area contributed by atoms with Crippen LogP contribution in [0.4, 0.5) is 15.9 Å². The van der Waals surface area contributed by atoms with Gasteiger partial charge in [-0.25, -0.2) is 9.37 Å². The summed E-state index contributed by atoms with van der Waals surface area (Å²) in [5.74, 6) is -0.670. The van der Waals surface area contributed by atoms with Crippen molar-refractivity contribution < 1.29 is 9.18 Å². The van der Waals surface area contributed by atoms with Gasteiger partial charge in [0.1, 0.15) is 17.3 Å². The highest BCUT2D eigenvalue weighted by Gasteiger charge is 2.12. The minimum Gasteiger partial charge on any atom is -0.369 e. The molecule has 7 heteroatoms. The van der Waals surface area contributed by atoms with Crippen molar-refractivity contribution in [3.05, 3.63) is 47.1 Å². The van der Waals surface area contributed by atoms with E-state index in [-0.39, 0.29) is 16.4 Å². The Morgan fingerprint density at radius 1 is 1.40 bits per heavy atom. The Hall–Kier alpha value is -2.21. The van der Waals surface area contributed by atoms with Crippen molar-refractivity contribution in [1.82, 2.24) is 9.97 Å². The van der Waals surface area contributed by atoms with E-state index in [9.17, 15) is 9.18 Å². The van der Waals surface area contributed by atoms with Gasteiger partial charge in [0.2, 0.25) is 0 Å². The van der Waals surface area contributed by atoms with Crippen LogP contribution in [0.25, 0.3) is 0 Å². The number of anilines is 2. The van der Waals surface area contributed by atoms with Crippen LogP contribution in [0.1, 0.15) is 17.4 Å². The van der Waals surface area contributed by atoms with Gasteiger partial charge >= 0.3 is 0 Å². The summed E-state index contributed by atoms with van der Waals surface area (Å²) in [5.41, 5.74) is 0.132. The molecule has 0 atom stereocenters. The molecule has 1 heterocycles. The van der Waals surface area contributed by atoms with Gasteiger partial charge in [-0.3, -0.25) is 9.78 Å². The molecule has 0 bridgehead atoms. The lowest BCUT2D eigenvalue weighted by Crippen LogP contribution is -2.16. The largest absolute Gasteiger partial charge is 0.369 e. The van der Waals surface area contributed by atoms with E-state index in [1.807, 2.05) is 6.92 Å². The van der Waals surface area contributed by atoms with Gasteiger partial charge in [-0.05, 0) is 25.1 Å². The molecule has 2 aromatic rings. The van der Waals surface area contributed by atoms with E-state index in [0.717, 1.165) is 6.07 Å². The number of carbonyl (C=O) groups is 1. The standard InChI is InChI=1S/C13H12ClFN4O/c1-2-17-12-7-16-6-11(18-12)13(20)19-10-4-3-8(14)5-9(10)15/h3-7H,2H2,1H3,(H,17,18)(H,19,20). The van der Waals surface area contributed by atoms with E-state index < -0.39 is 11.7 Å². The molecule has 0 saturated heterocycles. The topological polar surface area (TPSA) is 66.9 Å². The third kappa shape index (κ3) is 3.42. The molecule has 0 fully saturated rings. The van der Waals surface area contributed by atoms with Crippen LogP contribution in [0.5, 0.6) is 0 Å². The van der Waals surface area contributed by atoms with Gasteiger partial charge < -0.3 is 10.6 Å². The lowest BCUT2D eigenvalue weighted by atomic mass is 10.3. The first-order valence-electron chi connectivity index (χ1n) is 5.92. The Morgan fingerprint density at radius 2 is 2.20 bits per heavy atom. The maximum Gasteiger partial charge on any atom is 0.276 e. The van der Waals surface area contributed by atoms with Gasteiger partial charge in [-0.2, -0.15) is 0 Å².